The van der Waals surface area contributed by atoms with E-state index in [1.54, 1.807) is 0 Å². The lowest BCUT2D eigenvalue weighted by atomic mass is 9.99. The summed E-state index contributed by atoms with van der Waals surface area (Å²) in [6.07, 6.45) is 20.3. The number of benzene rings is 2. The summed E-state index contributed by atoms with van der Waals surface area (Å²) in [7, 11) is 13.5. The number of aryl methyl sites for hydroxylation is 2. The van der Waals surface area contributed by atoms with Crippen LogP contribution < -0.4 is 18.9 Å². The highest BCUT2D eigenvalue weighted by atomic mass is 16.4. The Morgan fingerprint density at radius 2 is 0.982 bits per heavy atom. The summed E-state index contributed by atoms with van der Waals surface area (Å²) < 4.78 is 18.1. The monoisotopic (exact) mass is 764 g/mol. The molecule has 10 heteroatoms. The first kappa shape index (κ1) is 38.1. The van der Waals surface area contributed by atoms with Gasteiger partial charge in [-0.05, 0) is 59.7 Å². The van der Waals surface area contributed by atoms with Crippen molar-refractivity contribution in [3.8, 4) is 0 Å². The zero-order valence-electron chi connectivity index (χ0n) is 34.3. The molecule has 0 saturated heterocycles. The van der Waals surface area contributed by atoms with E-state index in [0.29, 0.717) is 11.8 Å². The number of quaternary nitrogens is 2. The number of para-hydroxylation sites is 2. The minimum absolute atomic E-state index is 0.621. The molecule has 292 valence electrons. The maximum atomic E-state index is 6.06. The summed E-state index contributed by atoms with van der Waals surface area (Å²) in [6.45, 7) is 6.54. The van der Waals surface area contributed by atoms with Crippen LogP contribution in [0, 0.1) is 0 Å². The number of aromatic nitrogens is 4. The molecular weight excluding hydrogens is 709 g/mol. The molecule has 0 fully saturated rings. The molecule has 8 rings (SSSR count). The van der Waals surface area contributed by atoms with E-state index in [4.69, 9.17) is 18.8 Å². The van der Waals surface area contributed by atoms with Crippen molar-refractivity contribution >= 4 is 57.1 Å². The molecular formula is C47H56N8O2+4. The Morgan fingerprint density at radius 3 is 1.42 bits per heavy atom. The number of allylic oxidation sites excluding steroid dienone is 4. The van der Waals surface area contributed by atoms with E-state index in [9.17, 15) is 0 Å². The van der Waals surface area contributed by atoms with E-state index in [-0.39, 0.29) is 0 Å². The van der Waals surface area contributed by atoms with Gasteiger partial charge in [-0.3, -0.25) is 0 Å². The molecule has 0 bridgehead atoms. The minimum atomic E-state index is 0.621. The van der Waals surface area contributed by atoms with Gasteiger partial charge in [-0.25, -0.2) is 9.13 Å². The van der Waals surface area contributed by atoms with Crippen molar-refractivity contribution in [2.75, 3.05) is 77.3 Å². The van der Waals surface area contributed by atoms with Crippen molar-refractivity contribution in [1.82, 2.24) is 9.97 Å². The Bertz CT molecular complexity index is 2350. The number of hydrogen-bond acceptors (Lipinski definition) is 6. The molecule has 6 aromatic rings. The zero-order valence-corrected chi connectivity index (χ0v) is 34.3. The maximum absolute atomic E-state index is 6.06. The van der Waals surface area contributed by atoms with Crippen molar-refractivity contribution in [2.24, 2.45) is 14.1 Å². The van der Waals surface area contributed by atoms with Gasteiger partial charge in [-0.1, -0.05) is 36.4 Å². The van der Waals surface area contributed by atoms with Gasteiger partial charge in [0.25, 0.3) is 0 Å². The average molecular weight is 765 g/mol. The highest BCUT2D eigenvalue weighted by Crippen LogP contribution is 2.35. The van der Waals surface area contributed by atoms with E-state index in [1.807, 2.05) is 72.0 Å². The van der Waals surface area contributed by atoms with Crippen LogP contribution in [0.4, 0.5) is 11.4 Å². The molecule has 0 N–H and O–H groups in total. The van der Waals surface area contributed by atoms with E-state index in [2.05, 4.69) is 111 Å². The van der Waals surface area contributed by atoms with Crippen LogP contribution in [0.25, 0.3) is 45.8 Å². The molecule has 0 atom stereocenters. The second-order valence-corrected chi connectivity index (χ2v) is 16.8. The number of pyridine rings is 2. The molecule has 0 amide bonds. The van der Waals surface area contributed by atoms with Gasteiger partial charge in [-0.15, -0.1) is 0 Å². The molecule has 10 nitrogen and oxygen atoms in total. The Labute approximate surface area is 336 Å². The SMILES string of the molecule is C[n+]1cccc2oc(C=C3C=CN(CCC[N+](C)(C)CCC[N+](C)(C)CCCN4C=CC(=Cc5nc6c(ccc[n+]6C)o5)c5ccccc54)c4ccccc43)nc21. The summed E-state index contributed by atoms with van der Waals surface area (Å²) in [6, 6.07) is 25.2. The second-order valence-electron chi connectivity index (χ2n) is 16.8. The largest absolute Gasteiger partial charge is 0.411 e. The standard InChI is InChI=1S/C47H56N8O2/c1-50-24-11-20-42-46(50)48-44(56-42)34-36-22-28-52(40-18-9-7-16-38(36)40)26-13-30-54(3,4)32-15-33-55(5,6)31-14-27-53-29-23-37(39-17-8-10-19-41(39)53)35-45-49-47-43(57-45)21-12-25-51(47)2/h7-12,16-25,28-29,34-35H,13-15,26-27,30-33H2,1-6H3/q+4. The summed E-state index contributed by atoms with van der Waals surface area (Å²) in [5, 5.41) is 0. The van der Waals surface area contributed by atoms with Gasteiger partial charge < -0.3 is 27.6 Å². The highest BCUT2D eigenvalue weighted by Gasteiger charge is 2.24. The Kier molecular flexibility index (Phi) is 10.7. The Morgan fingerprint density at radius 1 is 0.561 bits per heavy atom. The highest BCUT2D eigenvalue weighted by molar-refractivity contribution is 5.95. The first-order chi connectivity index (χ1) is 27.5. The second kappa shape index (κ2) is 16.0. The fourth-order valence-electron chi connectivity index (χ4n) is 8.20. The zero-order chi connectivity index (χ0) is 39.6. The molecule has 0 radical (unpaired) electrons. The number of hydrogen-bond donors (Lipinski definition) is 0. The molecule has 0 spiro atoms. The fourth-order valence-corrected chi connectivity index (χ4v) is 8.20. The van der Waals surface area contributed by atoms with Gasteiger partial charge in [0, 0.05) is 89.4 Å². The molecule has 2 aliphatic heterocycles. The molecule has 0 unspecified atom stereocenters. The van der Waals surface area contributed by atoms with Crippen LogP contribution in [0.5, 0.6) is 0 Å². The topological polar surface area (TPSA) is 66.3 Å². The molecule has 2 aliphatic rings. The van der Waals surface area contributed by atoms with E-state index in [1.165, 1.54) is 42.0 Å². The lowest BCUT2D eigenvalue weighted by Gasteiger charge is -2.35. The summed E-state index contributed by atoms with van der Waals surface area (Å²) in [5.41, 5.74) is 10.3. The number of rotatable bonds is 14. The number of anilines is 2. The van der Waals surface area contributed by atoms with Crippen molar-refractivity contribution in [1.29, 1.82) is 0 Å². The Balaban J connectivity index is 0.807. The third-order valence-corrected chi connectivity index (χ3v) is 11.4. The van der Waals surface area contributed by atoms with E-state index >= 15 is 0 Å². The summed E-state index contributed by atoms with van der Waals surface area (Å²) >= 11 is 0. The Hall–Kier alpha value is -5.84. The van der Waals surface area contributed by atoms with Crippen molar-refractivity contribution in [3.63, 3.8) is 0 Å². The minimum Gasteiger partial charge on any atom is -0.411 e. The van der Waals surface area contributed by atoms with Crippen LogP contribution in [0.15, 0.2) is 119 Å². The van der Waals surface area contributed by atoms with Gasteiger partial charge in [0.1, 0.15) is 0 Å². The van der Waals surface area contributed by atoms with Gasteiger partial charge in [-0.2, -0.15) is 0 Å². The average Bonchev–Trinajstić information content (AvgIpc) is 3.81. The first-order valence-corrected chi connectivity index (χ1v) is 20.2. The van der Waals surface area contributed by atoms with Gasteiger partial charge in [0.05, 0.1) is 80.9 Å². The maximum Gasteiger partial charge on any atom is 0.370 e. The molecule has 57 heavy (non-hydrogen) atoms. The van der Waals surface area contributed by atoms with Gasteiger partial charge in [0.15, 0.2) is 0 Å². The van der Waals surface area contributed by atoms with Crippen LogP contribution in [-0.2, 0) is 14.1 Å². The van der Waals surface area contributed by atoms with Crippen LogP contribution >= 0.6 is 0 Å². The predicted octanol–water partition coefficient (Wildman–Crippen LogP) is 7.39. The summed E-state index contributed by atoms with van der Waals surface area (Å²) in [4.78, 5) is 14.3. The molecule has 4 aromatic heterocycles. The van der Waals surface area contributed by atoms with Crippen LogP contribution in [0.2, 0.25) is 0 Å². The lowest BCUT2D eigenvalue weighted by Crippen LogP contribution is -2.47. The molecule has 0 saturated carbocycles. The van der Waals surface area contributed by atoms with Gasteiger partial charge >= 0.3 is 23.1 Å². The van der Waals surface area contributed by atoms with Crippen molar-refractivity contribution < 1.29 is 26.9 Å². The quantitative estimate of drug-likeness (QED) is 0.0852. The third kappa shape index (κ3) is 8.62. The number of nitrogens with zero attached hydrogens (tertiary/aromatic N) is 8. The number of fused-ring (bicyclic) bond motifs is 4. The molecule has 2 aromatic carbocycles. The van der Waals surface area contributed by atoms with Crippen LogP contribution in [0.1, 0.15) is 42.2 Å². The number of oxazole rings is 2. The van der Waals surface area contributed by atoms with Crippen molar-refractivity contribution in [2.45, 2.75) is 19.3 Å². The molecule has 6 heterocycles. The lowest BCUT2D eigenvalue weighted by molar-refractivity contribution is -0.909. The summed E-state index contributed by atoms with van der Waals surface area (Å²) in [5.74, 6) is 1.24. The first-order valence-electron chi connectivity index (χ1n) is 20.2. The van der Waals surface area contributed by atoms with E-state index in [0.717, 1.165) is 81.6 Å². The smallest absolute Gasteiger partial charge is 0.370 e. The predicted molar refractivity (Wildman–Crippen MR) is 230 cm³/mol. The van der Waals surface area contributed by atoms with Crippen LogP contribution in [0.3, 0.4) is 0 Å². The van der Waals surface area contributed by atoms with E-state index < -0.39 is 0 Å². The fraction of sp³-hybridized carbons (Fsp3) is 0.319. The van der Waals surface area contributed by atoms with Crippen LogP contribution in [-0.4, -0.2) is 86.4 Å². The third-order valence-electron chi connectivity index (χ3n) is 11.4. The van der Waals surface area contributed by atoms with Crippen molar-refractivity contribution in [3.05, 3.63) is 133 Å². The normalized spacial score (nSPS) is 15.7. The molecule has 0 aliphatic carbocycles. The van der Waals surface area contributed by atoms with Gasteiger partial charge in [0.2, 0.25) is 11.2 Å².